The number of alkyl halides is 3. The monoisotopic (exact) mass is 541 g/mol. The summed E-state index contributed by atoms with van der Waals surface area (Å²) in [4.78, 5) is 25.2. The molecule has 0 bridgehead atoms. The summed E-state index contributed by atoms with van der Waals surface area (Å²) in [7, 11) is -4.55. The van der Waals surface area contributed by atoms with E-state index in [1.54, 1.807) is 6.07 Å². The molecular formula is C23H16ClF4N3O4S. The molecule has 2 N–H and O–H groups in total. The van der Waals surface area contributed by atoms with Gasteiger partial charge >= 0.3 is 6.18 Å². The van der Waals surface area contributed by atoms with E-state index in [0.717, 1.165) is 34.6 Å². The van der Waals surface area contributed by atoms with Gasteiger partial charge in [-0.15, -0.1) is 0 Å². The third-order valence-corrected chi connectivity index (χ3v) is 7.39. The van der Waals surface area contributed by atoms with Gasteiger partial charge in [0, 0.05) is 5.69 Å². The fourth-order valence-corrected chi connectivity index (χ4v) is 5.55. The molecule has 1 aliphatic rings. The Labute approximate surface area is 207 Å². The molecule has 1 heterocycles. The van der Waals surface area contributed by atoms with Gasteiger partial charge in [-0.1, -0.05) is 29.8 Å². The van der Waals surface area contributed by atoms with Gasteiger partial charge in [-0.25, -0.2) is 12.8 Å². The van der Waals surface area contributed by atoms with Crippen molar-refractivity contribution in [2.75, 3.05) is 14.9 Å². The summed E-state index contributed by atoms with van der Waals surface area (Å²) in [6.07, 6.45) is -5.38. The zero-order valence-electron chi connectivity index (χ0n) is 18.0. The summed E-state index contributed by atoms with van der Waals surface area (Å²) in [5, 5.41) is 4.32. The summed E-state index contributed by atoms with van der Waals surface area (Å²) < 4.78 is 80.5. The van der Waals surface area contributed by atoms with Gasteiger partial charge in [0.15, 0.2) is 0 Å². The van der Waals surface area contributed by atoms with Crippen LogP contribution < -0.4 is 14.9 Å². The Bertz CT molecular complexity index is 1460. The highest BCUT2D eigenvalue weighted by Gasteiger charge is 2.42. The van der Waals surface area contributed by atoms with Crippen LogP contribution in [0.25, 0.3) is 0 Å². The van der Waals surface area contributed by atoms with E-state index in [1.807, 2.05) is 0 Å². The number of nitrogens with one attached hydrogen (secondary N) is 2. The van der Waals surface area contributed by atoms with Crippen molar-refractivity contribution < 1.29 is 35.6 Å². The van der Waals surface area contributed by atoms with Crippen molar-refractivity contribution in [3.8, 4) is 0 Å². The number of anilines is 3. The molecule has 4 rings (SSSR count). The minimum absolute atomic E-state index is 0.0365. The summed E-state index contributed by atoms with van der Waals surface area (Å²) >= 11 is 5.76. The highest BCUT2D eigenvalue weighted by molar-refractivity contribution is 7.93. The van der Waals surface area contributed by atoms with E-state index in [1.165, 1.54) is 24.3 Å². The Kier molecular flexibility index (Phi) is 6.67. The highest BCUT2D eigenvalue weighted by atomic mass is 35.5. The molecule has 0 aliphatic carbocycles. The number of carbonyl (C=O) groups excluding carboxylic acids is 2. The van der Waals surface area contributed by atoms with E-state index in [2.05, 4.69) is 10.6 Å². The summed E-state index contributed by atoms with van der Waals surface area (Å²) in [5.74, 6) is -2.61. The van der Waals surface area contributed by atoms with E-state index in [4.69, 9.17) is 11.6 Å². The average Bonchev–Trinajstić information content (AvgIpc) is 2.80. The molecule has 1 atom stereocenters. The third-order valence-electron chi connectivity index (χ3n) is 5.29. The number of benzene rings is 3. The van der Waals surface area contributed by atoms with E-state index in [0.29, 0.717) is 6.07 Å². The third kappa shape index (κ3) is 5.00. The summed E-state index contributed by atoms with van der Waals surface area (Å²) in [6.45, 7) is 0. The van der Waals surface area contributed by atoms with E-state index in [-0.39, 0.29) is 17.1 Å². The SMILES string of the molecule is O=C(C[C@@H]1C(=O)Nc2ccccc2N1S(=O)(=O)c1ccc(F)c(Cl)c1)Nc1cccc(C(F)(F)F)c1. The highest BCUT2D eigenvalue weighted by Crippen LogP contribution is 2.38. The quantitative estimate of drug-likeness (QED) is 0.442. The first-order chi connectivity index (χ1) is 16.9. The lowest BCUT2D eigenvalue weighted by Crippen LogP contribution is -2.52. The zero-order chi connectivity index (χ0) is 26.3. The van der Waals surface area contributed by atoms with Crippen LogP contribution in [0.5, 0.6) is 0 Å². The number of rotatable bonds is 5. The number of carbonyl (C=O) groups is 2. The molecule has 7 nitrogen and oxygen atoms in total. The molecule has 2 amide bonds. The second kappa shape index (κ2) is 9.43. The Morgan fingerprint density at radius 2 is 1.78 bits per heavy atom. The van der Waals surface area contributed by atoms with Crippen molar-refractivity contribution in [3.05, 3.63) is 83.1 Å². The number of sulfonamides is 1. The van der Waals surface area contributed by atoms with Gasteiger partial charge < -0.3 is 10.6 Å². The van der Waals surface area contributed by atoms with Crippen LogP contribution in [0.1, 0.15) is 12.0 Å². The van der Waals surface area contributed by atoms with Crippen molar-refractivity contribution in [2.24, 2.45) is 0 Å². The number of para-hydroxylation sites is 2. The minimum atomic E-state index is -4.64. The van der Waals surface area contributed by atoms with E-state index < -0.39 is 61.8 Å². The zero-order valence-corrected chi connectivity index (χ0v) is 19.6. The fourth-order valence-electron chi connectivity index (χ4n) is 3.65. The number of hydrogen-bond acceptors (Lipinski definition) is 4. The Morgan fingerprint density at radius 1 is 1.06 bits per heavy atom. The smallest absolute Gasteiger partial charge is 0.326 e. The van der Waals surface area contributed by atoms with Crippen molar-refractivity contribution in [1.82, 2.24) is 0 Å². The molecule has 0 saturated carbocycles. The molecule has 0 saturated heterocycles. The maximum Gasteiger partial charge on any atom is 0.416 e. The molecule has 36 heavy (non-hydrogen) atoms. The fraction of sp³-hybridized carbons (Fsp3) is 0.130. The standard InChI is InChI=1S/C23H16ClF4N3O4S/c24-16-11-15(8-9-17(16)25)36(34,35)31-19-7-2-1-6-18(19)30-22(33)20(31)12-21(32)29-14-5-3-4-13(10-14)23(26,27)28/h1-11,20H,12H2,(H,29,32)(H,30,33)/t20-/m1/s1. The molecule has 3 aromatic rings. The van der Waals surface area contributed by atoms with E-state index >= 15 is 0 Å². The minimum Gasteiger partial charge on any atom is -0.326 e. The van der Waals surface area contributed by atoms with Crippen LogP contribution in [0, 0.1) is 5.82 Å². The lowest BCUT2D eigenvalue weighted by Gasteiger charge is -2.36. The van der Waals surface area contributed by atoms with E-state index in [9.17, 15) is 35.6 Å². The molecule has 0 spiro atoms. The summed E-state index contributed by atoms with van der Waals surface area (Å²) in [6, 6.07) is 10.8. The molecule has 0 aromatic heterocycles. The Morgan fingerprint density at radius 3 is 2.47 bits per heavy atom. The van der Waals surface area contributed by atoms with Crippen molar-refractivity contribution in [2.45, 2.75) is 23.5 Å². The first-order valence-electron chi connectivity index (χ1n) is 10.2. The van der Waals surface area contributed by atoms with Crippen LogP contribution in [0.3, 0.4) is 0 Å². The maximum atomic E-state index is 13.7. The maximum absolute atomic E-state index is 13.7. The van der Waals surface area contributed by atoms with Gasteiger partial charge in [0.2, 0.25) is 11.8 Å². The average molecular weight is 542 g/mol. The van der Waals surface area contributed by atoms with Crippen LogP contribution in [0.4, 0.5) is 34.6 Å². The molecule has 0 unspecified atom stereocenters. The topological polar surface area (TPSA) is 95.6 Å². The lowest BCUT2D eigenvalue weighted by molar-refractivity contribution is -0.137. The number of halogens is 5. The van der Waals surface area contributed by atoms with Crippen LogP contribution in [0.15, 0.2) is 71.6 Å². The second-order valence-electron chi connectivity index (χ2n) is 7.73. The van der Waals surface area contributed by atoms with Gasteiger partial charge in [0.25, 0.3) is 10.0 Å². The predicted molar refractivity (Wildman–Crippen MR) is 125 cm³/mol. The van der Waals surface area contributed by atoms with Crippen LogP contribution in [0.2, 0.25) is 5.02 Å². The molecule has 188 valence electrons. The van der Waals surface area contributed by atoms with Gasteiger partial charge in [-0.2, -0.15) is 13.2 Å². The van der Waals surface area contributed by atoms with Gasteiger partial charge in [-0.3, -0.25) is 13.9 Å². The molecule has 0 radical (unpaired) electrons. The van der Waals surface area contributed by atoms with Crippen molar-refractivity contribution in [1.29, 1.82) is 0 Å². The predicted octanol–water partition coefficient (Wildman–Crippen LogP) is 5.04. The second-order valence-corrected chi connectivity index (χ2v) is 9.95. The Balaban J connectivity index is 1.70. The largest absolute Gasteiger partial charge is 0.416 e. The van der Waals surface area contributed by atoms with Gasteiger partial charge in [0.05, 0.1) is 33.3 Å². The first-order valence-corrected chi connectivity index (χ1v) is 12.1. The van der Waals surface area contributed by atoms with Gasteiger partial charge in [-0.05, 0) is 48.5 Å². The van der Waals surface area contributed by atoms with Gasteiger partial charge in [0.1, 0.15) is 11.9 Å². The summed E-state index contributed by atoms with van der Waals surface area (Å²) in [5.41, 5.74) is -1.00. The number of fused-ring (bicyclic) bond motifs is 1. The molecule has 3 aromatic carbocycles. The number of nitrogens with zero attached hydrogens (tertiary/aromatic N) is 1. The molecule has 1 aliphatic heterocycles. The van der Waals surface area contributed by atoms with Crippen molar-refractivity contribution >= 4 is 50.5 Å². The molecule has 0 fully saturated rings. The first kappa shape index (κ1) is 25.5. The van der Waals surface area contributed by atoms with Crippen molar-refractivity contribution in [3.63, 3.8) is 0 Å². The lowest BCUT2D eigenvalue weighted by atomic mass is 10.1. The molecule has 13 heteroatoms. The molecular weight excluding hydrogens is 526 g/mol. The van der Waals surface area contributed by atoms with Crippen LogP contribution in [-0.2, 0) is 25.8 Å². The number of amides is 2. The number of hydrogen-bond donors (Lipinski definition) is 2. The Hall–Kier alpha value is -3.64. The normalized spacial score (nSPS) is 15.8. The van der Waals surface area contributed by atoms with Crippen LogP contribution in [-0.4, -0.2) is 26.3 Å². The van der Waals surface area contributed by atoms with Crippen LogP contribution >= 0.6 is 11.6 Å².